The van der Waals surface area contributed by atoms with E-state index in [4.69, 9.17) is 9.31 Å². The van der Waals surface area contributed by atoms with Crippen LogP contribution >= 0.6 is 11.8 Å². The van der Waals surface area contributed by atoms with Crippen molar-refractivity contribution < 1.29 is 26.9 Å². The fourth-order valence-electron chi connectivity index (χ4n) is 2.00. The largest absolute Gasteiger partial charge is 0.495 e. The highest BCUT2D eigenvalue weighted by atomic mass is 32.2. The Morgan fingerprint density at radius 1 is 1.04 bits per heavy atom. The SMILES string of the molecule is CC1(C)OB(/C(=C/SC(F)(F)F)c2ccc(F)cc2)OC1(C)C. The lowest BCUT2D eigenvalue weighted by Gasteiger charge is -2.32. The average Bonchev–Trinajstić information content (AvgIpc) is 2.59. The van der Waals surface area contributed by atoms with E-state index in [1.54, 1.807) is 0 Å². The van der Waals surface area contributed by atoms with Crippen LogP contribution in [-0.2, 0) is 9.31 Å². The minimum Gasteiger partial charge on any atom is -0.399 e. The smallest absolute Gasteiger partial charge is 0.399 e. The Bertz CT molecular complexity index is 580. The molecule has 8 heteroatoms. The van der Waals surface area contributed by atoms with Gasteiger partial charge in [-0.15, -0.1) is 0 Å². The van der Waals surface area contributed by atoms with Crippen LogP contribution in [0.3, 0.4) is 0 Å². The number of halogens is 4. The van der Waals surface area contributed by atoms with E-state index in [1.807, 2.05) is 27.7 Å². The zero-order valence-electron chi connectivity index (χ0n) is 13.2. The Labute approximate surface area is 137 Å². The fourth-order valence-corrected chi connectivity index (χ4v) is 2.51. The van der Waals surface area contributed by atoms with E-state index in [2.05, 4.69) is 0 Å². The molecule has 0 radical (unpaired) electrons. The molecule has 0 unspecified atom stereocenters. The van der Waals surface area contributed by atoms with Gasteiger partial charge in [-0.2, -0.15) is 13.2 Å². The maximum atomic E-state index is 13.1. The molecule has 23 heavy (non-hydrogen) atoms. The molecule has 1 saturated heterocycles. The third kappa shape index (κ3) is 4.30. The van der Waals surface area contributed by atoms with Gasteiger partial charge in [0.2, 0.25) is 0 Å². The summed E-state index contributed by atoms with van der Waals surface area (Å²) in [5, 5.41) is 0.954. The molecule has 2 rings (SSSR count). The lowest BCUT2D eigenvalue weighted by atomic mass is 9.75. The Hall–Kier alpha value is -0.985. The second-order valence-electron chi connectivity index (χ2n) is 6.23. The predicted molar refractivity (Wildman–Crippen MR) is 84.1 cm³/mol. The van der Waals surface area contributed by atoms with E-state index in [1.165, 1.54) is 24.3 Å². The van der Waals surface area contributed by atoms with Gasteiger partial charge < -0.3 is 9.31 Å². The molecule has 1 aromatic rings. The summed E-state index contributed by atoms with van der Waals surface area (Å²) in [5.41, 5.74) is -5.15. The van der Waals surface area contributed by atoms with Crippen LogP contribution in [0.1, 0.15) is 33.3 Å². The topological polar surface area (TPSA) is 18.5 Å². The van der Waals surface area contributed by atoms with Crippen LogP contribution in [0.25, 0.3) is 5.47 Å². The van der Waals surface area contributed by atoms with Crippen molar-refractivity contribution in [3.8, 4) is 0 Å². The first kappa shape index (κ1) is 18.4. The average molecular weight is 348 g/mol. The number of rotatable bonds is 3. The number of hydrogen-bond acceptors (Lipinski definition) is 3. The predicted octanol–water partition coefficient (Wildman–Crippen LogP) is 5.05. The van der Waals surface area contributed by atoms with Gasteiger partial charge in [0.15, 0.2) is 0 Å². The minimum absolute atomic E-state index is 0.214. The molecular formula is C15H17BF4O2S. The molecule has 1 aliphatic rings. The van der Waals surface area contributed by atoms with Crippen molar-refractivity contribution in [1.82, 2.24) is 0 Å². The Balaban J connectivity index is 2.37. The van der Waals surface area contributed by atoms with Gasteiger partial charge in [0.1, 0.15) is 5.82 Å². The first-order valence-electron chi connectivity index (χ1n) is 6.97. The summed E-state index contributed by atoms with van der Waals surface area (Å²) < 4.78 is 62.4. The van der Waals surface area contributed by atoms with Crippen LogP contribution in [0.5, 0.6) is 0 Å². The summed E-state index contributed by atoms with van der Waals surface area (Å²) in [4.78, 5) is 0. The Morgan fingerprint density at radius 2 is 1.52 bits per heavy atom. The van der Waals surface area contributed by atoms with Gasteiger partial charge in [0.05, 0.1) is 11.2 Å². The zero-order valence-corrected chi connectivity index (χ0v) is 14.0. The standard InChI is InChI=1S/C15H17BF4O2S/c1-13(2)14(3,4)22-16(21-13)12(9-23-15(18,19)20)10-5-7-11(17)8-6-10/h5-9H,1-4H3/b12-9+. The highest BCUT2D eigenvalue weighted by molar-refractivity contribution is 8.03. The van der Waals surface area contributed by atoms with Crippen molar-refractivity contribution in [3.05, 3.63) is 41.1 Å². The zero-order chi connectivity index (χ0) is 17.5. The molecule has 126 valence electrons. The first-order valence-corrected chi connectivity index (χ1v) is 7.85. The molecule has 1 aromatic carbocycles. The van der Waals surface area contributed by atoms with Crippen LogP contribution in [-0.4, -0.2) is 23.8 Å². The van der Waals surface area contributed by atoms with E-state index >= 15 is 0 Å². The van der Waals surface area contributed by atoms with Gasteiger partial charge in [-0.1, -0.05) is 12.1 Å². The molecule has 1 aliphatic heterocycles. The molecular weight excluding hydrogens is 331 g/mol. The van der Waals surface area contributed by atoms with Crippen molar-refractivity contribution in [2.75, 3.05) is 0 Å². The van der Waals surface area contributed by atoms with Crippen molar-refractivity contribution >= 4 is 24.4 Å². The number of benzene rings is 1. The van der Waals surface area contributed by atoms with Gasteiger partial charge in [-0.25, -0.2) is 4.39 Å². The molecule has 0 saturated carbocycles. The highest BCUT2D eigenvalue weighted by Gasteiger charge is 2.52. The van der Waals surface area contributed by atoms with Crippen LogP contribution in [0.4, 0.5) is 17.6 Å². The Morgan fingerprint density at radius 3 is 1.96 bits per heavy atom. The highest BCUT2D eigenvalue weighted by Crippen LogP contribution is 2.42. The summed E-state index contributed by atoms with van der Waals surface area (Å²) in [6.45, 7) is 7.25. The lowest BCUT2D eigenvalue weighted by Crippen LogP contribution is -2.41. The molecule has 0 bridgehead atoms. The van der Waals surface area contributed by atoms with E-state index in [0.29, 0.717) is 5.56 Å². The molecule has 0 N–H and O–H groups in total. The summed E-state index contributed by atoms with van der Waals surface area (Å²) in [6, 6.07) is 5.19. The van der Waals surface area contributed by atoms with Gasteiger partial charge in [0.25, 0.3) is 0 Å². The monoisotopic (exact) mass is 348 g/mol. The minimum atomic E-state index is -4.42. The van der Waals surface area contributed by atoms with Gasteiger partial charge in [-0.05, 0) is 68.0 Å². The third-order valence-corrected chi connectivity index (χ3v) is 4.64. The number of alkyl halides is 3. The molecule has 0 aromatic heterocycles. The number of hydrogen-bond donors (Lipinski definition) is 0. The molecule has 1 fully saturated rings. The number of thioether (sulfide) groups is 1. The van der Waals surface area contributed by atoms with Crippen molar-refractivity contribution in [1.29, 1.82) is 0 Å². The summed E-state index contributed by atoms with van der Waals surface area (Å²) in [5.74, 6) is -0.467. The lowest BCUT2D eigenvalue weighted by molar-refractivity contribution is -0.0319. The van der Waals surface area contributed by atoms with E-state index in [0.717, 1.165) is 5.41 Å². The van der Waals surface area contributed by atoms with Gasteiger partial charge in [-0.3, -0.25) is 0 Å². The Kier molecular flexibility index (Phi) is 4.90. The first-order chi connectivity index (χ1) is 10.4. The molecule has 0 aliphatic carbocycles. The maximum Gasteiger partial charge on any atom is 0.495 e. The van der Waals surface area contributed by atoms with E-state index < -0.39 is 29.6 Å². The van der Waals surface area contributed by atoms with Crippen molar-refractivity contribution in [3.63, 3.8) is 0 Å². The molecule has 1 heterocycles. The quantitative estimate of drug-likeness (QED) is 0.563. The third-order valence-electron chi connectivity index (χ3n) is 4.00. The second kappa shape index (κ2) is 6.14. The van der Waals surface area contributed by atoms with Crippen LogP contribution in [0, 0.1) is 5.82 Å². The van der Waals surface area contributed by atoms with Crippen LogP contribution in [0.2, 0.25) is 0 Å². The molecule has 0 spiro atoms. The summed E-state index contributed by atoms with van der Waals surface area (Å²) in [7, 11) is -0.958. The normalized spacial score (nSPS) is 20.9. The van der Waals surface area contributed by atoms with E-state index in [-0.39, 0.29) is 17.2 Å². The van der Waals surface area contributed by atoms with Crippen LogP contribution in [0.15, 0.2) is 29.7 Å². The second-order valence-corrected chi connectivity index (χ2v) is 7.17. The van der Waals surface area contributed by atoms with Crippen LogP contribution < -0.4 is 0 Å². The van der Waals surface area contributed by atoms with Gasteiger partial charge in [0, 0.05) is 0 Å². The van der Waals surface area contributed by atoms with Crippen molar-refractivity contribution in [2.24, 2.45) is 0 Å². The molecule has 0 atom stereocenters. The summed E-state index contributed by atoms with van der Waals surface area (Å²) >= 11 is -0.288. The fraction of sp³-hybridized carbons (Fsp3) is 0.467. The van der Waals surface area contributed by atoms with E-state index in [9.17, 15) is 17.6 Å². The van der Waals surface area contributed by atoms with Crippen molar-refractivity contribution in [2.45, 2.75) is 44.4 Å². The molecule has 2 nitrogen and oxygen atoms in total. The molecule has 0 amide bonds. The maximum absolute atomic E-state index is 13.1. The van der Waals surface area contributed by atoms with Gasteiger partial charge >= 0.3 is 12.6 Å². The summed E-state index contributed by atoms with van der Waals surface area (Å²) in [6.07, 6.45) is 0.